The largest absolute Gasteiger partial charge is 0.355 e. The van der Waals surface area contributed by atoms with E-state index in [1.54, 1.807) is 18.2 Å². The number of nitro benzene ring substituents is 1. The normalized spacial score (nSPS) is 15.6. The second-order valence-corrected chi connectivity index (χ2v) is 6.73. The maximum absolute atomic E-state index is 13.6. The van der Waals surface area contributed by atoms with Crippen LogP contribution in [0.5, 0.6) is 0 Å². The lowest BCUT2D eigenvalue weighted by Gasteiger charge is -2.28. The van der Waals surface area contributed by atoms with Gasteiger partial charge in [-0.15, -0.1) is 0 Å². The van der Waals surface area contributed by atoms with Gasteiger partial charge in [0, 0.05) is 18.7 Å². The molecule has 0 atom stereocenters. The van der Waals surface area contributed by atoms with Crippen LogP contribution in [0.1, 0.15) is 36.8 Å². The maximum atomic E-state index is 13.6. The molecule has 3 rings (SSSR count). The fourth-order valence-electron chi connectivity index (χ4n) is 3.69. The topological polar surface area (TPSA) is 72.2 Å². The second-order valence-electron chi connectivity index (χ2n) is 6.73. The van der Waals surface area contributed by atoms with Crippen molar-refractivity contribution >= 4 is 11.6 Å². The van der Waals surface area contributed by atoms with Crippen LogP contribution in [0.3, 0.4) is 0 Å². The number of hydrogen-bond donors (Lipinski definition) is 1. The molecule has 1 aliphatic carbocycles. The molecule has 136 valence electrons. The highest BCUT2D eigenvalue weighted by molar-refractivity contribution is 5.88. The van der Waals surface area contributed by atoms with Gasteiger partial charge in [0.15, 0.2) is 0 Å². The van der Waals surface area contributed by atoms with Gasteiger partial charge in [-0.2, -0.15) is 0 Å². The van der Waals surface area contributed by atoms with E-state index in [1.165, 1.54) is 24.3 Å². The summed E-state index contributed by atoms with van der Waals surface area (Å²) in [5.74, 6) is -0.394. The molecule has 1 N–H and O–H groups in total. The molecule has 0 aliphatic heterocycles. The van der Waals surface area contributed by atoms with E-state index < -0.39 is 10.3 Å². The Labute approximate surface area is 151 Å². The summed E-state index contributed by atoms with van der Waals surface area (Å²) >= 11 is 0. The number of amides is 1. The molecule has 1 saturated carbocycles. The molecule has 0 aromatic heterocycles. The summed E-state index contributed by atoms with van der Waals surface area (Å²) in [6, 6.07) is 12.6. The lowest BCUT2D eigenvalue weighted by Crippen LogP contribution is -2.43. The molecule has 5 nitrogen and oxygen atoms in total. The van der Waals surface area contributed by atoms with Gasteiger partial charge in [0.2, 0.25) is 5.91 Å². The monoisotopic (exact) mass is 356 g/mol. The Hall–Kier alpha value is -2.76. The van der Waals surface area contributed by atoms with Crippen LogP contribution in [-0.4, -0.2) is 17.4 Å². The van der Waals surface area contributed by atoms with E-state index in [-0.39, 0.29) is 17.4 Å². The number of rotatable bonds is 6. The van der Waals surface area contributed by atoms with Crippen LogP contribution in [0.15, 0.2) is 48.5 Å². The van der Waals surface area contributed by atoms with Gasteiger partial charge in [0.1, 0.15) is 5.82 Å². The van der Waals surface area contributed by atoms with E-state index in [1.807, 2.05) is 6.07 Å². The summed E-state index contributed by atoms with van der Waals surface area (Å²) in [5, 5.41) is 13.7. The van der Waals surface area contributed by atoms with Crippen LogP contribution in [0.25, 0.3) is 0 Å². The fraction of sp³-hybridized carbons (Fsp3) is 0.350. The molecule has 2 aromatic rings. The second kappa shape index (κ2) is 7.64. The number of hydrogen-bond acceptors (Lipinski definition) is 3. The Kier molecular flexibility index (Phi) is 5.30. The number of nitrogens with zero attached hydrogens (tertiary/aromatic N) is 1. The van der Waals surface area contributed by atoms with E-state index in [2.05, 4.69) is 5.32 Å². The van der Waals surface area contributed by atoms with Crippen LogP contribution in [0.4, 0.5) is 10.1 Å². The molecule has 0 saturated heterocycles. The van der Waals surface area contributed by atoms with Crippen LogP contribution < -0.4 is 5.32 Å². The Morgan fingerprint density at radius 3 is 2.46 bits per heavy atom. The van der Waals surface area contributed by atoms with Crippen LogP contribution in [0.2, 0.25) is 0 Å². The van der Waals surface area contributed by atoms with Gasteiger partial charge in [-0.05, 0) is 42.5 Å². The third-order valence-electron chi connectivity index (χ3n) is 5.12. The van der Waals surface area contributed by atoms with Gasteiger partial charge in [-0.25, -0.2) is 4.39 Å². The summed E-state index contributed by atoms with van der Waals surface area (Å²) in [7, 11) is 0. The Bertz CT molecular complexity index is 799. The van der Waals surface area contributed by atoms with E-state index in [0.29, 0.717) is 13.0 Å². The number of benzene rings is 2. The third-order valence-corrected chi connectivity index (χ3v) is 5.12. The van der Waals surface area contributed by atoms with Crippen molar-refractivity contribution in [2.24, 2.45) is 0 Å². The molecule has 0 heterocycles. The number of halogens is 1. The first-order chi connectivity index (χ1) is 12.5. The Morgan fingerprint density at radius 2 is 1.85 bits per heavy atom. The molecule has 26 heavy (non-hydrogen) atoms. The first-order valence-corrected chi connectivity index (χ1v) is 8.79. The minimum absolute atomic E-state index is 0.0498. The van der Waals surface area contributed by atoms with Crippen molar-refractivity contribution in [3.63, 3.8) is 0 Å². The first-order valence-electron chi connectivity index (χ1n) is 8.79. The van der Waals surface area contributed by atoms with Crippen molar-refractivity contribution in [1.29, 1.82) is 0 Å². The van der Waals surface area contributed by atoms with Gasteiger partial charge in [0.05, 0.1) is 10.3 Å². The SMILES string of the molecule is O=C(NCCc1ccc([N+](=O)[O-])cc1)C1(c2cccc(F)c2)CCCC1. The highest BCUT2D eigenvalue weighted by atomic mass is 19.1. The standard InChI is InChI=1S/C20H21FN2O3/c21-17-5-3-4-16(14-17)20(11-1-2-12-20)19(24)22-13-10-15-6-8-18(9-7-15)23(25)26/h3-9,14H,1-2,10-13H2,(H,22,24). The molecule has 1 aliphatic rings. The smallest absolute Gasteiger partial charge is 0.269 e. The number of carbonyl (C=O) groups excluding carboxylic acids is 1. The molecule has 0 radical (unpaired) electrons. The molecular weight excluding hydrogens is 335 g/mol. The van der Waals surface area contributed by atoms with Crippen molar-refractivity contribution in [3.05, 3.63) is 75.6 Å². The molecule has 0 bridgehead atoms. The minimum atomic E-state index is -0.655. The van der Waals surface area contributed by atoms with Gasteiger partial charge in [-0.1, -0.05) is 37.1 Å². The number of nitro groups is 1. The van der Waals surface area contributed by atoms with Crippen LogP contribution >= 0.6 is 0 Å². The number of non-ortho nitro benzene ring substituents is 1. The molecule has 1 fully saturated rings. The van der Waals surface area contributed by atoms with E-state index in [4.69, 9.17) is 0 Å². The Morgan fingerprint density at radius 1 is 1.15 bits per heavy atom. The molecule has 1 amide bonds. The van der Waals surface area contributed by atoms with E-state index >= 15 is 0 Å². The highest BCUT2D eigenvalue weighted by Gasteiger charge is 2.42. The zero-order valence-corrected chi connectivity index (χ0v) is 14.4. The van der Waals surface area contributed by atoms with Crippen LogP contribution in [-0.2, 0) is 16.6 Å². The summed E-state index contributed by atoms with van der Waals surface area (Å²) in [4.78, 5) is 23.1. The van der Waals surface area contributed by atoms with Crippen molar-refractivity contribution in [3.8, 4) is 0 Å². The van der Waals surface area contributed by atoms with Crippen molar-refractivity contribution in [1.82, 2.24) is 5.32 Å². The zero-order chi connectivity index (χ0) is 18.6. The molecule has 0 unspecified atom stereocenters. The zero-order valence-electron chi connectivity index (χ0n) is 14.4. The van der Waals surface area contributed by atoms with E-state index in [0.717, 1.165) is 36.8 Å². The summed E-state index contributed by atoms with van der Waals surface area (Å²) < 4.78 is 13.6. The number of carbonyl (C=O) groups is 1. The van der Waals surface area contributed by atoms with Crippen molar-refractivity contribution < 1.29 is 14.1 Å². The predicted molar refractivity (Wildman–Crippen MR) is 96.4 cm³/mol. The average Bonchev–Trinajstić information content (AvgIpc) is 3.13. The average molecular weight is 356 g/mol. The van der Waals surface area contributed by atoms with Gasteiger partial charge in [-0.3, -0.25) is 14.9 Å². The predicted octanol–water partition coefficient (Wildman–Crippen LogP) is 3.90. The quantitative estimate of drug-likeness (QED) is 0.630. The minimum Gasteiger partial charge on any atom is -0.355 e. The molecular formula is C20H21FN2O3. The lowest BCUT2D eigenvalue weighted by atomic mass is 9.78. The summed E-state index contributed by atoms with van der Waals surface area (Å²) in [5.41, 5.74) is 1.05. The summed E-state index contributed by atoms with van der Waals surface area (Å²) in [6.45, 7) is 0.438. The molecule has 6 heteroatoms. The van der Waals surface area contributed by atoms with Gasteiger partial charge in [0.25, 0.3) is 5.69 Å². The van der Waals surface area contributed by atoms with Crippen LogP contribution in [0, 0.1) is 15.9 Å². The lowest BCUT2D eigenvalue weighted by molar-refractivity contribution is -0.384. The molecule has 2 aromatic carbocycles. The number of nitrogens with one attached hydrogen (secondary N) is 1. The van der Waals surface area contributed by atoms with Crippen molar-refractivity contribution in [2.45, 2.75) is 37.5 Å². The third kappa shape index (κ3) is 3.74. The van der Waals surface area contributed by atoms with E-state index in [9.17, 15) is 19.3 Å². The van der Waals surface area contributed by atoms with Crippen molar-refractivity contribution in [2.75, 3.05) is 6.54 Å². The Balaban J connectivity index is 1.65. The first kappa shape index (κ1) is 18.0. The maximum Gasteiger partial charge on any atom is 0.269 e. The molecule has 0 spiro atoms. The van der Waals surface area contributed by atoms with Gasteiger partial charge >= 0.3 is 0 Å². The fourth-order valence-corrected chi connectivity index (χ4v) is 3.69. The van der Waals surface area contributed by atoms with Gasteiger partial charge < -0.3 is 5.32 Å². The highest BCUT2D eigenvalue weighted by Crippen LogP contribution is 2.41. The summed E-state index contributed by atoms with van der Waals surface area (Å²) in [6.07, 6.45) is 3.93.